The molecule has 0 spiro atoms. The van der Waals surface area contributed by atoms with E-state index in [0.29, 0.717) is 12.0 Å². The second-order valence-corrected chi connectivity index (χ2v) is 6.52. The van der Waals surface area contributed by atoms with E-state index in [-0.39, 0.29) is 5.41 Å². The van der Waals surface area contributed by atoms with Crippen molar-refractivity contribution in [1.82, 2.24) is 0 Å². The first-order chi connectivity index (χ1) is 8.42. The maximum absolute atomic E-state index is 6.22. The van der Waals surface area contributed by atoms with Crippen LogP contribution in [0.15, 0.2) is 24.3 Å². The van der Waals surface area contributed by atoms with Gasteiger partial charge in [0.1, 0.15) is 0 Å². The molecule has 1 aliphatic rings. The predicted molar refractivity (Wildman–Crippen MR) is 79.1 cm³/mol. The molecule has 100 valence electrons. The Morgan fingerprint density at radius 1 is 1.28 bits per heavy atom. The van der Waals surface area contributed by atoms with Crippen molar-refractivity contribution in [2.24, 2.45) is 11.1 Å². The zero-order valence-electron chi connectivity index (χ0n) is 12.1. The number of nitrogens with two attached hydrogens (primary N) is 1. The number of hydrogen-bond acceptors (Lipinski definition) is 2. The lowest BCUT2D eigenvalue weighted by molar-refractivity contribution is 0.245. The summed E-state index contributed by atoms with van der Waals surface area (Å²) in [6.45, 7) is 11.2. The van der Waals surface area contributed by atoms with Crippen LogP contribution < -0.4 is 10.6 Å². The molecule has 2 N–H and O–H groups in total. The van der Waals surface area contributed by atoms with Crippen molar-refractivity contribution >= 4 is 5.69 Å². The Labute approximate surface area is 111 Å². The molecule has 0 aromatic heterocycles. The summed E-state index contributed by atoms with van der Waals surface area (Å²) in [5.41, 5.74) is 9.26. The Kier molecular flexibility index (Phi) is 3.67. The number of benzene rings is 1. The molecule has 1 aromatic carbocycles. The number of nitrogens with zero attached hydrogens (tertiary/aromatic N) is 1. The molecule has 18 heavy (non-hydrogen) atoms. The molecule has 1 atom stereocenters. The summed E-state index contributed by atoms with van der Waals surface area (Å²) in [5.74, 6) is 0.569. The Balaban J connectivity index is 2.27. The van der Waals surface area contributed by atoms with Gasteiger partial charge in [-0.05, 0) is 29.4 Å². The summed E-state index contributed by atoms with van der Waals surface area (Å²) >= 11 is 0. The molecule has 1 heterocycles. The maximum atomic E-state index is 6.22. The van der Waals surface area contributed by atoms with Crippen LogP contribution >= 0.6 is 0 Å². The molecule has 2 rings (SSSR count). The van der Waals surface area contributed by atoms with Crippen LogP contribution in [0.5, 0.6) is 0 Å². The summed E-state index contributed by atoms with van der Waals surface area (Å²) in [4.78, 5) is 2.51. The third kappa shape index (κ3) is 2.54. The van der Waals surface area contributed by atoms with E-state index in [2.05, 4.69) is 56.9 Å². The Hall–Kier alpha value is -1.02. The minimum Gasteiger partial charge on any atom is -0.371 e. The second-order valence-electron chi connectivity index (χ2n) is 6.52. The van der Waals surface area contributed by atoms with Gasteiger partial charge in [0, 0.05) is 24.8 Å². The fourth-order valence-corrected chi connectivity index (χ4v) is 2.84. The highest BCUT2D eigenvalue weighted by Gasteiger charge is 2.34. The van der Waals surface area contributed by atoms with Gasteiger partial charge in [-0.3, -0.25) is 0 Å². The molecule has 0 saturated carbocycles. The number of para-hydroxylation sites is 1. The first-order valence-corrected chi connectivity index (χ1v) is 7.01. The average Bonchev–Trinajstić information content (AvgIpc) is 2.32. The van der Waals surface area contributed by atoms with Crippen molar-refractivity contribution in [1.29, 1.82) is 0 Å². The zero-order valence-corrected chi connectivity index (χ0v) is 12.1. The Bertz CT molecular complexity index is 409. The van der Waals surface area contributed by atoms with Crippen LogP contribution in [0.25, 0.3) is 0 Å². The molecule has 2 nitrogen and oxygen atoms in total. The molecule has 0 aliphatic carbocycles. The number of rotatable bonds is 2. The van der Waals surface area contributed by atoms with Gasteiger partial charge in [-0.1, -0.05) is 45.9 Å². The van der Waals surface area contributed by atoms with Crippen LogP contribution in [0.2, 0.25) is 0 Å². The molecule has 0 radical (unpaired) electrons. The molecule has 1 saturated heterocycles. The van der Waals surface area contributed by atoms with Gasteiger partial charge in [0.05, 0.1) is 0 Å². The van der Waals surface area contributed by atoms with Crippen LogP contribution in [0.4, 0.5) is 5.69 Å². The Morgan fingerprint density at radius 3 is 2.56 bits per heavy atom. The van der Waals surface area contributed by atoms with E-state index in [9.17, 15) is 0 Å². The summed E-state index contributed by atoms with van der Waals surface area (Å²) in [5, 5.41) is 0. The Morgan fingerprint density at radius 2 is 1.94 bits per heavy atom. The van der Waals surface area contributed by atoms with Crippen molar-refractivity contribution in [3.8, 4) is 0 Å². The van der Waals surface area contributed by atoms with Gasteiger partial charge < -0.3 is 10.6 Å². The quantitative estimate of drug-likeness (QED) is 0.867. The second kappa shape index (κ2) is 4.93. The van der Waals surface area contributed by atoms with E-state index in [1.54, 1.807) is 0 Å². The van der Waals surface area contributed by atoms with E-state index in [1.807, 2.05) is 0 Å². The molecule has 0 bridgehead atoms. The molecule has 1 fully saturated rings. The third-order valence-electron chi connectivity index (χ3n) is 4.21. The van der Waals surface area contributed by atoms with E-state index >= 15 is 0 Å². The van der Waals surface area contributed by atoms with Crippen molar-refractivity contribution in [2.75, 3.05) is 18.0 Å². The van der Waals surface area contributed by atoms with Crippen LogP contribution in [0.3, 0.4) is 0 Å². The molecule has 1 aromatic rings. The summed E-state index contributed by atoms with van der Waals surface area (Å²) in [7, 11) is 0. The predicted octanol–water partition coefficient (Wildman–Crippen LogP) is 3.37. The summed E-state index contributed by atoms with van der Waals surface area (Å²) in [6.07, 6.45) is 1.08. The van der Waals surface area contributed by atoms with Crippen LogP contribution in [-0.4, -0.2) is 19.1 Å². The van der Waals surface area contributed by atoms with Gasteiger partial charge in [-0.25, -0.2) is 0 Å². The van der Waals surface area contributed by atoms with Gasteiger partial charge in [0.15, 0.2) is 0 Å². The standard InChI is InChI=1S/C16H26N2/c1-12(2)13-7-5-6-8-14(13)18-10-9-15(17)16(3,4)11-18/h5-8,12,15H,9-11,17H2,1-4H3. The van der Waals surface area contributed by atoms with Crippen LogP contribution in [-0.2, 0) is 0 Å². The topological polar surface area (TPSA) is 29.3 Å². The van der Waals surface area contributed by atoms with E-state index in [0.717, 1.165) is 19.5 Å². The lowest BCUT2D eigenvalue weighted by atomic mass is 9.79. The highest BCUT2D eigenvalue weighted by atomic mass is 15.2. The highest BCUT2D eigenvalue weighted by molar-refractivity contribution is 5.55. The van der Waals surface area contributed by atoms with Crippen molar-refractivity contribution < 1.29 is 0 Å². The first kappa shape index (κ1) is 13.4. The van der Waals surface area contributed by atoms with Crippen LogP contribution in [0, 0.1) is 5.41 Å². The van der Waals surface area contributed by atoms with Crippen molar-refractivity contribution in [2.45, 2.75) is 46.1 Å². The third-order valence-corrected chi connectivity index (χ3v) is 4.21. The zero-order chi connectivity index (χ0) is 13.3. The fourth-order valence-electron chi connectivity index (χ4n) is 2.84. The number of piperidine rings is 1. The van der Waals surface area contributed by atoms with Crippen molar-refractivity contribution in [3.63, 3.8) is 0 Å². The maximum Gasteiger partial charge on any atom is 0.0401 e. The van der Waals surface area contributed by atoms with Gasteiger partial charge >= 0.3 is 0 Å². The highest BCUT2D eigenvalue weighted by Crippen LogP contribution is 2.34. The largest absolute Gasteiger partial charge is 0.371 e. The van der Waals surface area contributed by atoms with Gasteiger partial charge in [0.25, 0.3) is 0 Å². The molecular weight excluding hydrogens is 220 g/mol. The number of anilines is 1. The molecule has 0 amide bonds. The summed E-state index contributed by atoms with van der Waals surface area (Å²) < 4.78 is 0. The minimum absolute atomic E-state index is 0.197. The normalized spacial score (nSPS) is 23.4. The smallest absolute Gasteiger partial charge is 0.0401 e. The molecule has 2 heteroatoms. The average molecular weight is 246 g/mol. The van der Waals surface area contributed by atoms with Gasteiger partial charge in [-0.2, -0.15) is 0 Å². The SMILES string of the molecule is CC(C)c1ccccc1N1CCC(N)C(C)(C)C1. The monoisotopic (exact) mass is 246 g/mol. The number of hydrogen-bond donors (Lipinski definition) is 1. The van der Waals surface area contributed by atoms with Gasteiger partial charge in [-0.15, -0.1) is 0 Å². The minimum atomic E-state index is 0.197. The molecular formula is C16H26N2. The first-order valence-electron chi connectivity index (χ1n) is 7.01. The van der Waals surface area contributed by atoms with E-state index in [1.165, 1.54) is 11.3 Å². The van der Waals surface area contributed by atoms with Crippen LogP contribution in [0.1, 0.15) is 45.6 Å². The fraction of sp³-hybridized carbons (Fsp3) is 0.625. The van der Waals surface area contributed by atoms with E-state index < -0.39 is 0 Å². The molecule has 1 unspecified atom stereocenters. The molecule has 1 aliphatic heterocycles. The lowest BCUT2D eigenvalue weighted by Crippen LogP contribution is -2.52. The summed E-state index contributed by atoms with van der Waals surface area (Å²) in [6, 6.07) is 9.10. The van der Waals surface area contributed by atoms with Crippen molar-refractivity contribution in [3.05, 3.63) is 29.8 Å². The lowest BCUT2D eigenvalue weighted by Gasteiger charge is -2.44. The van der Waals surface area contributed by atoms with Gasteiger partial charge in [0.2, 0.25) is 0 Å². The van der Waals surface area contributed by atoms with E-state index in [4.69, 9.17) is 5.73 Å².